The van der Waals surface area contributed by atoms with Gasteiger partial charge in [0.05, 0.1) is 11.4 Å². The van der Waals surface area contributed by atoms with Gasteiger partial charge in [0.2, 0.25) is 0 Å². The molecule has 4 heteroatoms. The number of nitrogens with zero attached hydrogens (tertiary/aromatic N) is 2. The lowest BCUT2D eigenvalue weighted by Gasteiger charge is -2.32. The molecule has 2 nitrogen and oxygen atoms in total. The molecule has 76 heavy (non-hydrogen) atoms. The molecule has 0 unspecified atom stereocenters. The van der Waals surface area contributed by atoms with Crippen molar-refractivity contribution >= 4 is 66.4 Å². The summed E-state index contributed by atoms with van der Waals surface area (Å²) in [5.41, 5.74) is 20.6. The third-order valence-electron chi connectivity index (χ3n) is 16.9. The smallest absolute Gasteiger partial charge is 0.125 e. The zero-order valence-electron chi connectivity index (χ0n) is 43.4. The first-order chi connectivity index (χ1) is 36.8. The molecule has 0 aromatic heterocycles. The van der Waals surface area contributed by atoms with Gasteiger partial charge in [0.15, 0.2) is 0 Å². The molecule has 0 atom stereocenters. The Balaban J connectivity index is 1.03. The Bertz CT molecular complexity index is 4060. The van der Waals surface area contributed by atoms with Crippen molar-refractivity contribution in [3.63, 3.8) is 0 Å². The number of fused-ring (bicyclic) bond motifs is 6. The summed E-state index contributed by atoms with van der Waals surface area (Å²) in [5, 5.41) is 6.47. The van der Waals surface area contributed by atoms with E-state index in [4.69, 9.17) is 0 Å². The molecule has 12 aromatic rings. The van der Waals surface area contributed by atoms with Gasteiger partial charge in [-0.25, -0.2) is 8.78 Å². The predicted molar refractivity (Wildman–Crippen MR) is 315 cm³/mol. The van der Waals surface area contributed by atoms with E-state index in [1.165, 1.54) is 44.5 Å². The van der Waals surface area contributed by atoms with Crippen molar-refractivity contribution in [1.82, 2.24) is 0 Å². The van der Waals surface area contributed by atoms with Gasteiger partial charge in [-0.1, -0.05) is 185 Å². The molecule has 366 valence electrons. The quantitative estimate of drug-likeness (QED) is 0.140. The van der Waals surface area contributed by atoms with Crippen LogP contribution in [-0.2, 0) is 10.8 Å². The minimum atomic E-state index is -0.309. The van der Waals surface area contributed by atoms with Crippen molar-refractivity contribution < 1.29 is 8.78 Å². The van der Waals surface area contributed by atoms with E-state index in [-0.39, 0.29) is 22.5 Å². The van der Waals surface area contributed by atoms with Gasteiger partial charge >= 0.3 is 0 Å². The Hall–Kier alpha value is -8.86. The molecule has 0 heterocycles. The lowest BCUT2D eigenvalue weighted by Crippen LogP contribution is -2.17. The van der Waals surface area contributed by atoms with Crippen molar-refractivity contribution in [2.24, 2.45) is 0 Å². The van der Waals surface area contributed by atoms with Gasteiger partial charge in [-0.15, -0.1) is 0 Å². The fourth-order valence-electron chi connectivity index (χ4n) is 13.1. The molecule has 2 aliphatic rings. The second kappa shape index (κ2) is 16.8. The highest BCUT2D eigenvalue weighted by atomic mass is 19.1. The summed E-state index contributed by atoms with van der Waals surface area (Å²) in [5.74, 6) is -0.619. The van der Waals surface area contributed by atoms with Gasteiger partial charge in [0, 0.05) is 44.4 Å². The van der Waals surface area contributed by atoms with E-state index < -0.39 is 0 Å². The predicted octanol–water partition coefficient (Wildman–Crippen LogP) is 20.4. The van der Waals surface area contributed by atoms with Crippen LogP contribution in [-0.4, -0.2) is 0 Å². The van der Waals surface area contributed by atoms with Crippen LogP contribution in [0.4, 0.5) is 42.9 Å². The molecule has 0 aliphatic heterocycles. The highest BCUT2D eigenvalue weighted by Gasteiger charge is 2.38. The molecular formula is C72H54F2N2. The van der Waals surface area contributed by atoms with Gasteiger partial charge in [-0.3, -0.25) is 0 Å². The van der Waals surface area contributed by atoms with Crippen LogP contribution in [0, 0.1) is 25.5 Å². The standard InChI is InChI=1S/C72H54F2N2/c1-43-33-63-59(55-21-13-15-23-61(55)71(63,3)4)41-67(43)75(53-37-49(35-51(73)39-53)45-17-9-7-10-18-45)65-31-27-47-26-30-58-66(32-28-48-25-29-57(65)69(47)70(48)58)76(54-38-50(36-52(74)40-54)46-19-11-8-12-20-46)68-42-60-56-22-14-16-24-62(56)72(5,6)64(60)34-44(68)2/h7-42H,1-6H3. The summed E-state index contributed by atoms with van der Waals surface area (Å²) in [4.78, 5) is 4.56. The lowest BCUT2D eigenvalue weighted by molar-refractivity contribution is 0.628. The molecule has 14 rings (SSSR count). The maximum Gasteiger partial charge on any atom is 0.125 e. The minimum absolute atomic E-state index is 0.188. The Labute approximate surface area is 443 Å². The fourth-order valence-corrected chi connectivity index (χ4v) is 13.1. The Morgan fingerprint density at radius 3 is 1.12 bits per heavy atom. The Morgan fingerprint density at radius 1 is 0.316 bits per heavy atom. The first-order valence-corrected chi connectivity index (χ1v) is 26.4. The Kier molecular flexibility index (Phi) is 10.1. The van der Waals surface area contributed by atoms with Crippen LogP contribution in [0.5, 0.6) is 0 Å². The van der Waals surface area contributed by atoms with Crippen LogP contribution in [0.15, 0.2) is 218 Å². The number of hydrogen-bond donors (Lipinski definition) is 0. The normalized spacial score (nSPS) is 13.7. The summed E-state index contributed by atoms with van der Waals surface area (Å²) >= 11 is 0. The molecule has 0 N–H and O–H groups in total. The fraction of sp³-hybridized carbons (Fsp3) is 0.111. The SMILES string of the molecule is Cc1cc2c(cc1N(c1cc(F)cc(-c3ccccc3)c1)c1ccc3ccc4c(N(c5cc(F)cc(-c6ccccc6)c5)c5cc6c(cc5C)C(C)(C)c5ccccc5-6)ccc5ccc1c3c54)-c1ccccc1C2(C)C. The topological polar surface area (TPSA) is 6.48 Å². The molecule has 2 aliphatic carbocycles. The lowest BCUT2D eigenvalue weighted by atomic mass is 9.82. The second-order valence-corrected chi connectivity index (χ2v) is 22.1. The maximum absolute atomic E-state index is 16.5. The summed E-state index contributed by atoms with van der Waals surface area (Å²) in [7, 11) is 0. The molecule has 0 amide bonds. The number of halogens is 2. The number of aryl methyl sites for hydroxylation is 2. The molecule has 0 fully saturated rings. The summed E-state index contributed by atoms with van der Waals surface area (Å²) in [6.07, 6.45) is 0. The molecule has 0 bridgehead atoms. The maximum atomic E-state index is 16.5. The van der Waals surface area contributed by atoms with Crippen molar-refractivity contribution in [3.8, 4) is 44.5 Å². The summed E-state index contributed by atoms with van der Waals surface area (Å²) in [6, 6.07) is 75.6. The molecule has 0 spiro atoms. The van der Waals surface area contributed by atoms with E-state index in [0.717, 1.165) is 99.8 Å². The highest BCUT2D eigenvalue weighted by Crippen LogP contribution is 2.55. The first kappa shape index (κ1) is 45.7. The summed E-state index contributed by atoms with van der Waals surface area (Å²) in [6.45, 7) is 13.6. The van der Waals surface area contributed by atoms with Crippen LogP contribution in [0.25, 0.3) is 76.8 Å². The third kappa shape index (κ3) is 6.90. The van der Waals surface area contributed by atoms with E-state index >= 15 is 8.78 Å². The van der Waals surface area contributed by atoms with Crippen LogP contribution in [0.3, 0.4) is 0 Å². The average molecular weight is 985 g/mol. The third-order valence-corrected chi connectivity index (χ3v) is 16.9. The Morgan fingerprint density at radius 2 is 0.697 bits per heavy atom. The van der Waals surface area contributed by atoms with Gasteiger partial charge in [-0.2, -0.15) is 0 Å². The monoisotopic (exact) mass is 984 g/mol. The number of benzene rings is 12. The highest BCUT2D eigenvalue weighted by molar-refractivity contribution is 6.28. The minimum Gasteiger partial charge on any atom is -0.309 e. The molecule has 12 aromatic carbocycles. The molecule has 0 saturated heterocycles. The molecule has 0 radical (unpaired) electrons. The number of rotatable bonds is 8. The first-order valence-electron chi connectivity index (χ1n) is 26.4. The average Bonchev–Trinajstić information content (AvgIpc) is 3.91. The van der Waals surface area contributed by atoms with Gasteiger partial charge in [0.25, 0.3) is 0 Å². The molecular weight excluding hydrogens is 931 g/mol. The van der Waals surface area contributed by atoms with Crippen molar-refractivity contribution in [1.29, 1.82) is 0 Å². The zero-order valence-corrected chi connectivity index (χ0v) is 43.4. The van der Waals surface area contributed by atoms with Crippen molar-refractivity contribution in [2.75, 3.05) is 9.80 Å². The van der Waals surface area contributed by atoms with Crippen LogP contribution in [0.2, 0.25) is 0 Å². The zero-order chi connectivity index (χ0) is 51.8. The van der Waals surface area contributed by atoms with Gasteiger partial charge in [0.1, 0.15) is 11.6 Å². The van der Waals surface area contributed by atoms with E-state index in [1.54, 1.807) is 24.3 Å². The largest absolute Gasteiger partial charge is 0.309 e. The van der Waals surface area contributed by atoms with Crippen LogP contribution >= 0.6 is 0 Å². The van der Waals surface area contributed by atoms with Crippen molar-refractivity contribution in [2.45, 2.75) is 52.4 Å². The van der Waals surface area contributed by atoms with Crippen LogP contribution < -0.4 is 9.80 Å². The van der Waals surface area contributed by atoms with Crippen LogP contribution in [0.1, 0.15) is 61.1 Å². The summed E-state index contributed by atoms with van der Waals surface area (Å²) < 4.78 is 32.9. The second-order valence-electron chi connectivity index (χ2n) is 22.1. The van der Waals surface area contributed by atoms with E-state index in [0.29, 0.717) is 0 Å². The van der Waals surface area contributed by atoms with Crippen molar-refractivity contribution in [3.05, 3.63) is 263 Å². The van der Waals surface area contributed by atoms with Gasteiger partial charge in [-0.05, 0) is 174 Å². The van der Waals surface area contributed by atoms with Gasteiger partial charge < -0.3 is 9.80 Å². The van der Waals surface area contributed by atoms with E-state index in [9.17, 15) is 0 Å². The molecule has 0 saturated carbocycles. The number of hydrogen-bond acceptors (Lipinski definition) is 2. The van der Waals surface area contributed by atoms with E-state index in [2.05, 4.69) is 185 Å². The number of anilines is 6. The van der Waals surface area contributed by atoms with E-state index in [1.807, 2.05) is 60.7 Å².